The molecule has 0 saturated carbocycles. The van der Waals surface area contributed by atoms with Crippen molar-refractivity contribution >= 4 is 62.7 Å². The monoisotopic (exact) mass is 421 g/mol. The van der Waals surface area contributed by atoms with Gasteiger partial charge in [-0.3, -0.25) is 14.5 Å². The number of carbonyl (C=O) groups is 2. The zero-order chi connectivity index (χ0) is 19.6. The molecule has 1 aliphatic heterocycles. The largest absolute Gasteiger partial charge is 0.504 e. The fourth-order valence-electron chi connectivity index (χ4n) is 2.36. The molecule has 2 heterocycles. The number of rotatable bonds is 5. The molecule has 2 aromatic rings. The zero-order valence-corrected chi connectivity index (χ0v) is 16.8. The number of thiazole rings is 1. The summed E-state index contributed by atoms with van der Waals surface area (Å²) in [5.41, 5.74) is 0.671. The summed E-state index contributed by atoms with van der Waals surface area (Å²) in [5, 5.41) is 14.5. The van der Waals surface area contributed by atoms with Crippen LogP contribution >= 0.6 is 35.3 Å². The van der Waals surface area contributed by atoms with Crippen LogP contribution in [0.15, 0.2) is 34.7 Å². The highest BCUT2D eigenvalue weighted by Gasteiger charge is 2.38. The standard InChI is InChI=1S/C17H15N3O4S3/c1-9(14(22)19-16-18-5-6-26-16)20-15(23)13(27-17(20)25)8-10-3-4-11(21)12(7-10)24-2/h3-9,21H,1-2H3,(H,18,19,22)/b13-8-. The number of anilines is 1. The van der Waals surface area contributed by atoms with Crippen molar-refractivity contribution in [3.05, 3.63) is 40.2 Å². The molecule has 2 amide bonds. The van der Waals surface area contributed by atoms with Crippen molar-refractivity contribution < 1.29 is 19.4 Å². The van der Waals surface area contributed by atoms with Crippen molar-refractivity contribution in [2.45, 2.75) is 13.0 Å². The lowest BCUT2D eigenvalue weighted by Gasteiger charge is -2.21. The van der Waals surface area contributed by atoms with E-state index in [4.69, 9.17) is 17.0 Å². The molecule has 1 atom stereocenters. The van der Waals surface area contributed by atoms with Crippen molar-refractivity contribution in [1.29, 1.82) is 0 Å². The van der Waals surface area contributed by atoms with E-state index < -0.39 is 6.04 Å². The molecule has 7 nitrogen and oxygen atoms in total. The number of methoxy groups -OCH3 is 1. The molecule has 1 fully saturated rings. The van der Waals surface area contributed by atoms with E-state index in [0.29, 0.717) is 25.7 Å². The molecule has 1 saturated heterocycles. The van der Waals surface area contributed by atoms with Gasteiger partial charge in [0.05, 0.1) is 12.0 Å². The quantitative estimate of drug-likeness (QED) is 0.566. The number of nitrogens with zero attached hydrogens (tertiary/aromatic N) is 2. The van der Waals surface area contributed by atoms with E-state index in [1.807, 2.05) is 0 Å². The van der Waals surface area contributed by atoms with Gasteiger partial charge in [-0.05, 0) is 30.7 Å². The number of carbonyl (C=O) groups excluding carboxylic acids is 2. The van der Waals surface area contributed by atoms with Crippen LogP contribution in [0.4, 0.5) is 5.13 Å². The summed E-state index contributed by atoms with van der Waals surface area (Å²) in [6, 6.07) is 3.97. The summed E-state index contributed by atoms with van der Waals surface area (Å²) in [4.78, 5) is 30.8. The van der Waals surface area contributed by atoms with Gasteiger partial charge < -0.3 is 15.2 Å². The molecular weight excluding hydrogens is 406 g/mol. The Kier molecular flexibility index (Phi) is 5.78. The summed E-state index contributed by atoms with van der Waals surface area (Å²) in [6.07, 6.45) is 3.23. The molecule has 0 spiro atoms. The van der Waals surface area contributed by atoms with E-state index in [1.54, 1.807) is 36.7 Å². The van der Waals surface area contributed by atoms with E-state index in [0.717, 1.165) is 11.8 Å². The lowest BCUT2D eigenvalue weighted by atomic mass is 10.1. The minimum absolute atomic E-state index is 0.00896. The van der Waals surface area contributed by atoms with Gasteiger partial charge in [-0.2, -0.15) is 0 Å². The second kappa shape index (κ2) is 8.07. The summed E-state index contributed by atoms with van der Waals surface area (Å²) in [5.74, 6) is -0.405. The van der Waals surface area contributed by atoms with Gasteiger partial charge in [0.1, 0.15) is 10.4 Å². The number of phenolic OH excluding ortho intramolecular Hbond substituents is 1. The second-order valence-corrected chi connectivity index (χ2v) is 8.06. The number of amides is 2. The fourth-order valence-corrected chi connectivity index (χ4v) is 4.31. The third-order valence-corrected chi connectivity index (χ3v) is 5.77. The summed E-state index contributed by atoms with van der Waals surface area (Å²) >= 11 is 7.71. The molecule has 140 valence electrons. The molecule has 10 heteroatoms. The van der Waals surface area contributed by atoms with Gasteiger partial charge in [-0.1, -0.05) is 30.0 Å². The van der Waals surface area contributed by atoms with Crippen molar-refractivity contribution in [3.63, 3.8) is 0 Å². The molecule has 2 N–H and O–H groups in total. The number of nitrogens with one attached hydrogen (secondary N) is 1. The maximum absolute atomic E-state index is 12.8. The summed E-state index contributed by atoms with van der Waals surface area (Å²) < 4.78 is 5.38. The van der Waals surface area contributed by atoms with Crippen LogP contribution in [-0.4, -0.2) is 44.3 Å². The van der Waals surface area contributed by atoms with Crippen LogP contribution in [0.2, 0.25) is 0 Å². The van der Waals surface area contributed by atoms with Crippen LogP contribution < -0.4 is 10.1 Å². The zero-order valence-electron chi connectivity index (χ0n) is 14.3. The maximum Gasteiger partial charge on any atom is 0.266 e. The number of hydrogen-bond acceptors (Lipinski definition) is 8. The molecule has 0 bridgehead atoms. The minimum atomic E-state index is -0.776. The molecule has 1 aromatic carbocycles. The predicted octanol–water partition coefficient (Wildman–Crippen LogP) is 3.09. The Hall–Kier alpha value is -2.43. The number of aromatic nitrogens is 1. The van der Waals surface area contributed by atoms with Gasteiger partial charge in [0, 0.05) is 11.6 Å². The number of hydrogen-bond donors (Lipinski definition) is 2. The molecule has 0 aliphatic carbocycles. The van der Waals surface area contributed by atoms with Gasteiger partial charge >= 0.3 is 0 Å². The molecule has 27 heavy (non-hydrogen) atoms. The van der Waals surface area contributed by atoms with E-state index in [-0.39, 0.29) is 17.6 Å². The highest BCUT2D eigenvalue weighted by Crippen LogP contribution is 2.35. The van der Waals surface area contributed by atoms with Gasteiger partial charge in [0.15, 0.2) is 16.6 Å². The van der Waals surface area contributed by atoms with Crippen molar-refractivity contribution in [2.24, 2.45) is 0 Å². The van der Waals surface area contributed by atoms with Crippen molar-refractivity contribution in [1.82, 2.24) is 9.88 Å². The minimum Gasteiger partial charge on any atom is -0.504 e. The highest BCUT2D eigenvalue weighted by molar-refractivity contribution is 8.26. The lowest BCUT2D eigenvalue weighted by Crippen LogP contribution is -2.44. The first kappa shape index (κ1) is 19.3. The van der Waals surface area contributed by atoms with Crippen LogP contribution in [0.3, 0.4) is 0 Å². The Morgan fingerprint density at radius 2 is 2.26 bits per heavy atom. The SMILES string of the molecule is COc1cc(/C=C2\SC(=S)N(C(C)C(=O)Nc3nccs3)C2=O)ccc1O. The van der Waals surface area contributed by atoms with Crippen LogP contribution in [-0.2, 0) is 9.59 Å². The summed E-state index contributed by atoms with van der Waals surface area (Å²) in [7, 11) is 1.45. The van der Waals surface area contributed by atoms with Gasteiger partial charge in [0.25, 0.3) is 5.91 Å². The normalized spacial score (nSPS) is 16.7. The van der Waals surface area contributed by atoms with Crippen LogP contribution in [0.1, 0.15) is 12.5 Å². The van der Waals surface area contributed by atoms with E-state index >= 15 is 0 Å². The van der Waals surface area contributed by atoms with Crippen LogP contribution in [0.5, 0.6) is 11.5 Å². The Bertz CT molecular complexity index is 928. The molecular formula is C17H15N3O4S3. The predicted molar refractivity (Wildman–Crippen MR) is 110 cm³/mol. The van der Waals surface area contributed by atoms with E-state index in [9.17, 15) is 14.7 Å². The third-order valence-electron chi connectivity index (χ3n) is 3.75. The Labute approximate surface area is 169 Å². The Morgan fingerprint density at radius 1 is 1.48 bits per heavy atom. The summed E-state index contributed by atoms with van der Waals surface area (Å²) in [6.45, 7) is 1.61. The van der Waals surface area contributed by atoms with Gasteiger partial charge in [-0.15, -0.1) is 11.3 Å². The fraction of sp³-hybridized carbons (Fsp3) is 0.176. The lowest BCUT2D eigenvalue weighted by molar-refractivity contribution is -0.129. The van der Waals surface area contributed by atoms with E-state index in [2.05, 4.69) is 10.3 Å². The van der Waals surface area contributed by atoms with Crippen LogP contribution in [0, 0.1) is 0 Å². The first-order chi connectivity index (χ1) is 12.9. The number of aromatic hydroxyl groups is 1. The molecule has 1 aromatic heterocycles. The second-order valence-electron chi connectivity index (χ2n) is 5.49. The number of phenols is 1. The average Bonchev–Trinajstić information content (AvgIpc) is 3.24. The third kappa shape index (κ3) is 4.12. The highest BCUT2D eigenvalue weighted by atomic mass is 32.2. The number of thioether (sulfide) groups is 1. The molecule has 1 unspecified atom stereocenters. The molecule has 3 rings (SSSR count). The number of thiocarbonyl (C=S) groups is 1. The smallest absolute Gasteiger partial charge is 0.266 e. The van der Waals surface area contributed by atoms with Gasteiger partial charge in [0.2, 0.25) is 5.91 Å². The van der Waals surface area contributed by atoms with Crippen molar-refractivity contribution in [2.75, 3.05) is 12.4 Å². The van der Waals surface area contributed by atoms with Crippen molar-refractivity contribution in [3.8, 4) is 11.5 Å². The Morgan fingerprint density at radius 3 is 2.93 bits per heavy atom. The number of ether oxygens (including phenoxy) is 1. The van der Waals surface area contributed by atoms with E-state index in [1.165, 1.54) is 29.4 Å². The maximum atomic E-state index is 12.8. The first-order valence-corrected chi connectivity index (χ1v) is 9.85. The average molecular weight is 422 g/mol. The Balaban J connectivity index is 1.79. The first-order valence-electron chi connectivity index (χ1n) is 7.75. The molecule has 1 aliphatic rings. The van der Waals surface area contributed by atoms with Crippen LogP contribution in [0.25, 0.3) is 6.08 Å². The van der Waals surface area contributed by atoms with Gasteiger partial charge in [-0.25, -0.2) is 4.98 Å². The topological polar surface area (TPSA) is 91.8 Å². The molecule has 0 radical (unpaired) electrons. The number of benzene rings is 1.